The van der Waals surface area contributed by atoms with Crippen molar-refractivity contribution >= 4 is 44.1 Å². The molecule has 6 heteroatoms. The quantitative estimate of drug-likeness (QED) is 0.489. The normalized spacial score (nSPS) is 11.2. The van der Waals surface area contributed by atoms with E-state index in [2.05, 4.69) is 21.2 Å². The van der Waals surface area contributed by atoms with Crippen LogP contribution in [0.1, 0.15) is 18.4 Å². The molecule has 2 heterocycles. The lowest BCUT2D eigenvalue weighted by atomic mass is 10.2. The van der Waals surface area contributed by atoms with Crippen LogP contribution in [0.4, 0.5) is 5.69 Å². The second-order valence-electron chi connectivity index (χ2n) is 6.82. The number of aryl methyl sites for hydroxylation is 2. The molecule has 0 spiro atoms. The minimum absolute atomic E-state index is 0.0448. The number of carbonyl (C=O) groups is 1. The number of halogens is 1. The van der Waals surface area contributed by atoms with E-state index >= 15 is 0 Å². The van der Waals surface area contributed by atoms with Gasteiger partial charge in [0.15, 0.2) is 0 Å². The largest absolute Gasteiger partial charge is 0.326 e. The number of hydrogen-bond acceptors (Lipinski definition) is 2. The van der Waals surface area contributed by atoms with Gasteiger partial charge in [0.05, 0.1) is 11.0 Å². The van der Waals surface area contributed by atoms with Gasteiger partial charge in [-0.25, -0.2) is 0 Å². The summed E-state index contributed by atoms with van der Waals surface area (Å²) in [6.07, 6.45) is 2.82. The fourth-order valence-corrected chi connectivity index (χ4v) is 3.82. The Morgan fingerprint density at radius 1 is 1.04 bits per heavy atom. The van der Waals surface area contributed by atoms with Crippen LogP contribution in [0.5, 0.6) is 0 Å². The first-order chi connectivity index (χ1) is 13.5. The predicted molar refractivity (Wildman–Crippen MR) is 116 cm³/mol. The molecule has 0 radical (unpaired) electrons. The van der Waals surface area contributed by atoms with Crippen molar-refractivity contribution in [2.45, 2.75) is 26.3 Å². The van der Waals surface area contributed by atoms with Crippen LogP contribution in [0.2, 0.25) is 0 Å². The maximum Gasteiger partial charge on any atom is 0.275 e. The van der Waals surface area contributed by atoms with Crippen molar-refractivity contribution < 1.29 is 4.79 Å². The molecule has 2 aromatic heterocycles. The van der Waals surface area contributed by atoms with Crippen LogP contribution in [-0.4, -0.2) is 14.9 Å². The zero-order valence-electron chi connectivity index (χ0n) is 15.5. The number of carbonyl (C=O) groups excluding carboxylic acids is 1. The van der Waals surface area contributed by atoms with E-state index in [-0.39, 0.29) is 11.5 Å². The van der Waals surface area contributed by atoms with E-state index < -0.39 is 0 Å². The monoisotopic (exact) mass is 437 g/mol. The lowest BCUT2D eigenvalue weighted by Crippen LogP contribution is -2.23. The number of amides is 1. The molecule has 1 N–H and O–H groups in total. The van der Waals surface area contributed by atoms with Crippen LogP contribution in [0, 0.1) is 6.92 Å². The van der Waals surface area contributed by atoms with E-state index in [0.717, 1.165) is 26.8 Å². The van der Waals surface area contributed by atoms with Crippen LogP contribution in [0.15, 0.2) is 70.1 Å². The topological polar surface area (TPSA) is 55.5 Å². The first-order valence-corrected chi connectivity index (χ1v) is 9.98. The SMILES string of the molecule is Cc1ccccc1NC(=O)CCCn1c(=O)c2cccn2c2ccc(Br)cc21. The number of hydrogen-bond donors (Lipinski definition) is 1. The van der Waals surface area contributed by atoms with Gasteiger partial charge in [-0.1, -0.05) is 34.1 Å². The summed E-state index contributed by atoms with van der Waals surface area (Å²) >= 11 is 3.49. The van der Waals surface area contributed by atoms with Crippen molar-refractivity contribution in [1.29, 1.82) is 0 Å². The van der Waals surface area contributed by atoms with E-state index in [1.165, 1.54) is 0 Å². The highest BCUT2D eigenvalue weighted by Gasteiger charge is 2.12. The maximum atomic E-state index is 13.0. The van der Waals surface area contributed by atoms with Gasteiger partial charge in [0.2, 0.25) is 5.91 Å². The Hall–Kier alpha value is -2.86. The third-order valence-electron chi connectivity index (χ3n) is 4.91. The summed E-state index contributed by atoms with van der Waals surface area (Å²) in [4.78, 5) is 25.3. The number of para-hydroxylation sites is 1. The van der Waals surface area contributed by atoms with Gasteiger partial charge in [-0.15, -0.1) is 0 Å². The average molecular weight is 438 g/mol. The molecule has 0 aliphatic rings. The van der Waals surface area contributed by atoms with Crippen molar-refractivity contribution in [1.82, 2.24) is 8.97 Å². The molecule has 1 amide bonds. The second-order valence-corrected chi connectivity index (χ2v) is 7.74. The lowest BCUT2D eigenvalue weighted by molar-refractivity contribution is -0.116. The Morgan fingerprint density at radius 3 is 2.68 bits per heavy atom. The summed E-state index contributed by atoms with van der Waals surface area (Å²) in [6.45, 7) is 2.45. The molecule has 0 aliphatic heterocycles. The summed E-state index contributed by atoms with van der Waals surface area (Å²) in [6, 6.07) is 17.3. The van der Waals surface area contributed by atoms with Crippen molar-refractivity contribution in [3.63, 3.8) is 0 Å². The van der Waals surface area contributed by atoms with Crippen LogP contribution in [0.25, 0.3) is 16.6 Å². The molecule has 4 aromatic rings. The van der Waals surface area contributed by atoms with E-state index in [9.17, 15) is 9.59 Å². The van der Waals surface area contributed by atoms with Crippen molar-refractivity contribution in [2.24, 2.45) is 0 Å². The highest BCUT2D eigenvalue weighted by molar-refractivity contribution is 9.10. The summed E-state index contributed by atoms with van der Waals surface area (Å²) in [5, 5.41) is 2.94. The van der Waals surface area contributed by atoms with Gasteiger partial charge in [-0.05, 0) is 55.3 Å². The number of nitrogens with zero attached hydrogens (tertiary/aromatic N) is 2. The zero-order valence-corrected chi connectivity index (χ0v) is 17.1. The molecule has 4 rings (SSSR count). The Labute approximate surface area is 170 Å². The standard InChI is InChI=1S/C22H20BrN3O2/c1-15-6-2-3-7-17(15)24-21(27)9-5-13-26-20-14-16(23)10-11-18(20)25-12-4-8-19(25)22(26)28/h2-4,6-8,10-12,14H,5,9,13H2,1H3,(H,24,27). The van der Waals surface area contributed by atoms with Gasteiger partial charge in [-0.3, -0.25) is 9.59 Å². The molecule has 0 saturated carbocycles. The summed E-state index contributed by atoms with van der Waals surface area (Å²) in [5.41, 5.74) is 4.26. The summed E-state index contributed by atoms with van der Waals surface area (Å²) in [7, 11) is 0. The van der Waals surface area contributed by atoms with Gasteiger partial charge in [0, 0.05) is 29.3 Å². The molecule has 28 heavy (non-hydrogen) atoms. The van der Waals surface area contributed by atoms with Gasteiger partial charge in [0.1, 0.15) is 5.52 Å². The third kappa shape index (κ3) is 3.47. The van der Waals surface area contributed by atoms with Crippen LogP contribution >= 0.6 is 15.9 Å². The molecule has 0 saturated heterocycles. The number of nitrogens with one attached hydrogen (secondary N) is 1. The molecule has 142 valence electrons. The first kappa shape index (κ1) is 18.5. The zero-order chi connectivity index (χ0) is 19.7. The average Bonchev–Trinajstić information content (AvgIpc) is 3.16. The van der Waals surface area contributed by atoms with Crippen LogP contribution < -0.4 is 10.9 Å². The smallest absolute Gasteiger partial charge is 0.275 e. The summed E-state index contributed by atoms with van der Waals surface area (Å²) < 4.78 is 4.58. The molecular formula is C22H20BrN3O2. The lowest BCUT2D eigenvalue weighted by Gasteiger charge is -2.13. The first-order valence-electron chi connectivity index (χ1n) is 9.19. The Morgan fingerprint density at radius 2 is 1.86 bits per heavy atom. The van der Waals surface area contributed by atoms with Gasteiger partial charge < -0.3 is 14.3 Å². The Balaban J connectivity index is 1.57. The van der Waals surface area contributed by atoms with Crippen molar-refractivity contribution in [2.75, 3.05) is 5.32 Å². The molecular weight excluding hydrogens is 418 g/mol. The maximum absolute atomic E-state index is 13.0. The summed E-state index contributed by atoms with van der Waals surface area (Å²) in [5.74, 6) is -0.0448. The minimum atomic E-state index is -0.0464. The molecule has 5 nitrogen and oxygen atoms in total. The Bertz CT molecular complexity index is 1240. The van der Waals surface area contributed by atoms with Crippen LogP contribution in [-0.2, 0) is 11.3 Å². The van der Waals surface area contributed by atoms with E-state index in [1.807, 2.05) is 72.1 Å². The number of anilines is 1. The molecule has 0 aliphatic carbocycles. The molecule has 0 bridgehead atoms. The molecule has 0 unspecified atom stereocenters. The molecule has 0 fully saturated rings. The van der Waals surface area contributed by atoms with Gasteiger partial charge >= 0.3 is 0 Å². The van der Waals surface area contributed by atoms with Crippen molar-refractivity contribution in [3.05, 3.63) is 81.2 Å². The number of aromatic nitrogens is 2. The van der Waals surface area contributed by atoms with Crippen molar-refractivity contribution in [3.8, 4) is 0 Å². The number of benzene rings is 2. The highest BCUT2D eigenvalue weighted by Crippen LogP contribution is 2.21. The minimum Gasteiger partial charge on any atom is -0.326 e. The fourth-order valence-electron chi connectivity index (χ4n) is 3.47. The van der Waals surface area contributed by atoms with E-state index in [4.69, 9.17) is 0 Å². The van der Waals surface area contributed by atoms with Gasteiger partial charge in [0.25, 0.3) is 5.56 Å². The number of fused-ring (bicyclic) bond motifs is 3. The second kappa shape index (κ2) is 7.64. The van der Waals surface area contributed by atoms with Gasteiger partial charge in [-0.2, -0.15) is 0 Å². The predicted octanol–water partition coefficient (Wildman–Crippen LogP) is 4.74. The fraction of sp³-hybridized carbons (Fsp3) is 0.182. The highest BCUT2D eigenvalue weighted by atomic mass is 79.9. The Kier molecular flexibility index (Phi) is 5.05. The van der Waals surface area contributed by atoms with E-state index in [0.29, 0.717) is 24.9 Å². The van der Waals surface area contributed by atoms with E-state index in [1.54, 1.807) is 4.57 Å². The molecule has 2 aromatic carbocycles. The molecule has 0 atom stereocenters. The third-order valence-corrected chi connectivity index (χ3v) is 5.40. The van der Waals surface area contributed by atoms with Crippen LogP contribution in [0.3, 0.4) is 0 Å². The number of rotatable bonds is 5.